The van der Waals surface area contributed by atoms with Gasteiger partial charge in [-0.15, -0.1) is 6.58 Å². The summed E-state index contributed by atoms with van der Waals surface area (Å²) >= 11 is 0. The van der Waals surface area contributed by atoms with Crippen molar-refractivity contribution in [1.82, 2.24) is 24.6 Å². The summed E-state index contributed by atoms with van der Waals surface area (Å²) in [7, 11) is 0. The number of likely N-dealkylation sites (tertiary alicyclic amines) is 1. The molecule has 1 aromatic heterocycles. The van der Waals surface area contributed by atoms with Crippen molar-refractivity contribution in [2.75, 3.05) is 13.1 Å². The van der Waals surface area contributed by atoms with E-state index in [2.05, 4.69) is 40.6 Å². The number of hydrogen-bond donors (Lipinski definition) is 1. The molecule has 1 aromatic rings. The molecule has 0 bridgehead atoms. The molecule has 1 unspecified atom stereocenters. The zero-order valence-electron chi connectivity index (χ0n) is 22.2. The van der Waals surface area contributed by atoms with Gasteiger partial charge in [0.1, 0.15) is 24.3 Å². The number of aliphatic imine (C=N–C) groups is 1. The summed E-state index contributed by atoms with van der Waals surface area (Å²) in [6, 6.07) is 0.377. The molecule has 0 saturated carbocycles. The van der Waals surface area contributed by atoms with Crippen molar-refractivity contribution in [1.29, 1.82) is 0 Å². The van der Waals surface area contributed by atoms with Gasteiger partial charge >= 0.3 is 6.18 Å². The molecule has 3 heterocycles. The topological polar surface area (TPSA) is 69.8 Å². The minimum atomic E-state index is -4.07. The van der Waals surface area contributed by atoms with Gasteiger partial charge in [-0.3, -0.25) is 0 Å². The first-order valence-electron chi connectivity index (χ1n) is 12.8. The fourth-order valence-corrected chi connectivity index (χ4v) is 4.23. The van der Waals surface area contributed by atoms with Crippen molar-refractivity contribution in [3.63, 3.8) is 0 Å². The number of allylic oxidation sites excluding steroid dienone is 4. The maximum absolute atomic E-state index is 11.0. The van der Waals surface area contributed by atoms with Crippen LogP contribution in [0, 0.1) is 0 Å². The molecule has 1 aliphatic carbocycles. The number of halogens is 3. The molecule has 4 rings (SSSR count). The van der Waals surface area contributed by atoms with Gasteiger partial charge in [0.15, 0.2) is 6.23 Å². The van der Waals surface area contributed by atoms with Gasteiger partial charge < -0.3 is 14.9 Å². The summed E-state index contributed by atoms with van der Waals surface area (Å²) in [5.74, 6) is 1.69. The molecular weight excluding hydrogens is 481 g/mol. The highest BCUT2D eigenvalue weighted by atomic mass is 19.4. The van der Waals surface area contributed by atoms with Gasteiger partial charge in [0, 0.05) is 30.9 Å². The van der Waals surface area contributed by atoms with Crippen molar-refractivity contribution >= 4 is 5.84 Å². The van der Waals surface area contributed by atoms with E-state index in [1.165, 1.54) is 5.57 Å². The molecule has 1 atom stereocenters. The number of hydrogen-bond acceptors (Lipinski definition) is 6. The molecule has 1 saturated heterocycles. The Hall–Kier alpha value is -3.14. The number of piperidine rings is 1. The SMILES string of the molecule is C/C=C/N1C(C2=CCCC=C2C)=NC(N2CCC(n3cncn3)CC2)=CC1O.C=CCC(F)(F)F.CC. The molecule has 1 N–H and O–H groups in total. The standard InChI is InChI=1S/C21H28N6O.C4H5F3.C2H6/c1-3-10-26-20(28)13-19(24-21(26)18-7-5-4-6-16(18)2)25-11-8-17(9-12-25)27-15-22-14-23-27;1-2-3-4(5,6)7;1-2/h3,6-7,10,13-15,17,20,28H,4-5,8-9,11-12H2,1-2H3;2H,1,3H2;1-2H3/b10-3+;;. The van der Waals surface area contributed by atoms with Gasteiger partial charge in [-0.1, -0.05) is 38.2 Å². The highest BCUT2D eigenvalue weighted by molar-refractivity contribution is 6.04. The van der Waals surface area contributed by atoms with Crippen LogP contribution < -0.4 is 0 Å². The van der Waals surface area contributed by atoms with Crippen molar-refractivity contribution in [3.05, 3.63) is 72.8 Å². The lowest BCUT2D eigenvalue weighted by molar-refractivity contribution is -0.124. The lowest BCUT2D eigenvalue weighted by atomic mass is 9.97. The molecular formula is C27H39F3N6O. The third-order valence-electron chi connectivity index (χ3n) is 5.96. The molecule has 204 valence electrons. The molecule has 10 heteroatoms. The number of rotatable bonds is 5. The third-order valence-corrected chi connectivity index (χ3v) is 5.96. The predicted octanol–water partition coefficient (Wildman–Crippen LogP) is 6.14. The Morgan fingerprint density at radius 2 is 1.84 bits per heavy atom. The van der Waals surface area contributed by atoms with Crippen LogP contribution in [0.2, 0.25) is 0 Å². The van der Waals surface area contributed by atoms with Gasteiger partial charge in [0.05, 0.1) is 12.5 Å². The molecule has 3 aliphatic rings. The highest BCUT2D eigenvalue weighted by Gasteiger charge is 2.30. The average Bonchev–Trinajstić information content (AvgIpc) is 3.42. The summed E-state index contributed by atoms with van der Waals surface area (Å²) in [6.45, 7) is 12.8. The maximum atomic E-state index is 11.0. The Labute approximate surface area is 218 Å². The second-order valence-electron chi connectivity index (χ2n) is 8.55. The minimum absolute atomic E-state index is 0.377. The van der Waals surface area contributed by atoms with Gasteiger partial charge in [0.2, 0.25) is 0 Å². The zero-order chi connectivity index (χ0) is 27.4. The van der Waals surface area contributed by atoms with Crippen LogP contribution in [0.4, 0.5) is 13.2 Å². The molecule has 0 radical (unpaired) electrons. The summed E-state index contributed by atoms with van der Waals surface area (Å²) in [6.07, 6.45) is 12.7. The van der Waals surface area contributed by atoms with Crippen molar-refractivity contribution in [2.24, 2.45) is 4.99 Å². The lowest BCUT2D eigenvalue weighted by Crippen LogP contribution is -2.42. The first-order valence-corrected chi connectivity index (χ1v) is 12.8. The minimum Gasteiger partial charge on any atom is -0.369 e. The molecule has 37 heavy (non-hydrogen) atoms. The van der Waals surface area contributed by atoms with E-state index in [-0.39, 0.29) is 0 Å². The Morgan fingerprint density at radius 3 is 2.35 bits per heavy atom. The highest BCUT2D eigenvalue weighted by Crippen LogP contribution is 2.30. The maximum Gasteiger partial charge on any atom is 0.392 e. The predicted molar refractivity (Wildman–Crippen MR) is 141 cm³/mol. The van der Waals surface area contributed by atoms with Crippen molar-refractivity contribution in [2.45, 2.75) is 78.2 Å². The van der Waals surface area contributed by atoms with E-state index < -0.39 is 18.8 Å². The molecule has 0 spiro atoms. The normalized spacial score (nSPS) is 20.6. The monoisotopic (exact) mass is 520 g/mol. The summed E-state index contributed by atoms with van der Waals surface area (Å²) in [4.78, 5) is 13.2. The van der Waals surface area contributed by atoms with Crippen molar-refractivity contribution < 1.29 is 18.3 Å². The fraction of sp³-hybridized carbons (Fsp3) is 0.519. The Kier molecular flexibility index (Phi) is 11.8. The van der Waals surface area contributed by atoms with E-state index in [1.54, 1.807) is 12.7 Å². The average molecular weight is 521 g/mol. The number of aliphatic hydroxyl groups excluding tert-OH is 1. The number of aromatic nitrogens is 3. The summed E-state index contributed by atoms with van der Waals surface area (Å²) in [5.41, 5.74) is 2.34. The summed E-state index contributed by atoms with van der Waals surface area (Å²) < 4.78 is 34.9. The molecule has 2 aliphatic heterocycles. The number of nitrogens with zero attached hydrogens (tertiary/aromatic N) is 6. The second kappa shape index (κ2) is 14.6. The molecule has 7 nitrogen and oxygen atoms in total. The molecule has 0 aromatic carbocycles. The van der Waals surface area contributed by atoms with Gasteiger partial charge in [-0.2, -0.15) is 18.3 Å². The number of aliphatic hydroxyl groups is 1. The van der Waals surface area contributed by atoms with E-state index in [4.69, 9.17) is 4.99 Å². The van der Waals surface area contributed by atoms with Gasteiger partial charge in [-0.25, -0.2) is 14.7 Å². The van der Waals surface area contributed by atoms with Crippen LogP contribution in [0.15, 0.2) is 77.8 Å². The summed E-state index contributed by atoms with van der Waals surface area (Å²) in [5, 5.41) is 15.1. The van der Waals surface area contributed by atoms with Gasteiger partial charge in [0.25, 0.3) is 0 Å². The fourth-order valence-electron chi connectivity index (χ4n) is 4.23. The van der Waals surface area contributed by atoms with E-state index in [0.717, 1.165) is 62.1 Å². The third kappa shape index (κ3) is 8.73. The van der Waals surface area contributed by atoms with Crippen LogP contribution in [0.5, 0.6) is 0 Å². The van der Waals surface area contributed by atoms with E-state index in [0.29, 0.717) is 6.04 Å². The smallest absolute Gasteiger partial charge is 0.369 e. The van der Waals surface area contributed by atoms with Gasteiger partial charge in [-0.05, 0) is 45.1 Å². The zero-order valence-corrected chi connectivity index (χ0v) is 22.2. The van der Waals surface area contributed by atoms with Crippen molar-refractivity contribution in [3.8, 4) is 0 Å². The van der Waals surface area contributed by atoms with Crippen LogP contribution in [0.25, 0.3) is 0 Å². The first kappa shape index (κ1) is 30.1. The van der Waals surface area contributed by atoms with Crippen LogP contribution >= 0.6 is 0 Å². The van der Waals surface area contributed by atoms with Crippen LogP contribution in [0.3, 0.4) is 0 Å². The van der Waals surface area contributed by atoms with Crippen LogP contribution in [-0.2, 0) is 0 Å². The lowest BCUT2D eigenvalue weighted by Gasteiger charge is -2.38. The van der Waals surface area contributed by atoms with Crippen LogP contribution in [0.1, 0.15) is 65.8 Å². The number of amidine groups is 1. The molecule has 1 fully saturated rings. The second-order valence-corrected chi connectivity index (χ2v) is 8.55. The largest absolute Gasteiger partial charge is 0.392 e. The van der Waals surface area contributed by atoms with Crippen LogP contribution in [-0.4, -0.2) is 61.0 Å². The Bertz CT molecular complexity index is 1000. The quantitative estimate of drug-likeness (QED) is 0.473. The Balaban J connectivity index is 0.000000465. The first-order chi connectivity index (χ1) is 17.7. The van der Waals surface area contributed by atoms with E-state index >= 15 is 0 Å². The van der Waals surface area contributed by atoms with E-state index in [1.807, 2.05) is 48.7 Å². The Morgan fingerprint density at radius 1 is 1.16 bits per heavy atom. The van der Waals surface area contributed by atoms with E-state index in [9.17, 15) is 18.3 Å². The molecule has 0 amide bonds. The number of alkyl halides is 3.